The van der Waals surface area contributed by atoms with E-state index in [1.165, 1.54) is 32.1 Å². The van der Waals surface area contributed by atoms with E-state index in [0.717, 1.165) is 25.9 Å². The molecule has 0 radical (unpaired) electrons. The molecule has 2 aliphatic rings. The van der Waals surface area contributed by atoms with Gasteiger partial charge in [-0.05, 0) is 70.8 Å². The van der Waals surface area contributed by atoms with Gasteiger partial charge in [0, 0.05) is 18.5 Å². The van der Waals surface area contributed by atoms with Gasteiger partial charge in [-0.15, -0.1) is 0 Å². The zero-order valence-electron chi connectivity index (χ0n) is 12.0. The minimum Gasteiger partial charge on any atom is -0.338 e. The fraction of sp³-hybridized carbons (Fsp3) is 0.933. The Kier molecular flexibility index (Phi) is 4.31. The van der Waals surface area contributed by atoms with E-state index in [2.05, 4.69) is 18.7 Å². The summed E-state index contributed by atoms with van der Waals surface area (Å²) in [7, 11) is 0. The molecule has 104 valence electrons. The molecule has 0 spiro atoms. The average molecular weight is 252 g/mol. The van der Waals surface area contributed by atoms with Gasteiger partial charge < -0.3 is 10.6 Å². The molecule has 0 aromatic carbocycles. The molecule has 1 aliphatic heterocycles. The molecule has 0 bridgehead atoms. The maximum Gasteiger partial charge on any atom is 0.223 e. The van der Waals surface area contributed by atoms with Gasteiger partial charge in [0.05, 0.1) is 0 Å². The van der Waals surface area contributed by atoms with Gasteiger partial charge in [-0.3, -0.25) is 4.79 Å². The van der Waals surface area contributed by atoms with Crippen molar-refractivity contribution in [3.63, 3.8) is 0 Å². The van der Waals surface area contributed by atoms with E-state index in [4.69, 9.17) is 5.73 Å². The number of carbonyl (C=O) groups is 1. The Bertz CT molecular complexity index is 293. The molecule has 1 heterocycles. The van der Waals surface area contributed by atoms with E-state index in [1.807, 2.05) is 0 Å². The maximum absolute atomic E-state index is 12.4. The molecule has 0 aromatic heterocycles. The Morgan fingerprint density at radius 1 is 1.22 bits per heavy atom. The van der Waals surface area contributed by atoms with Crippen LogP contribution in [-0.2, 0) is 4.79 Å². The second-order valence-electron chi connectivity index (χ2n) is 6.79. The van der Waals surface area contributed by atoms with Crippen molar-refractivity contribution >= 4 is 5.91 Å². The monoisotopic (exact) mass is 252 g/mol. The van der Waals surface area contributed by atoms with E-state index < -0.39 is 0 Å². The summed E-state index contributed by atoms with van der Waals surface area (Å²) in [5.41, 5.74) is 5.80. The third-order valence-electron chi connectivity index (χ3n) is 4.97. The number of amides is 1. The summed E-state index contributed by atoms with van der Waals surface area (Å²) in [6, 6.07) is 0. The molecular weight excluding hydrogens is 224 g/mol. The summed E-state index contributed by atoms with van der Waals surface area (Å²) < 4.78 is 0. The second kappa shape index (κ2) is 5.60. The molecule has 1 aliphatic carbocycles. The van der Waals surface area contributed by atoms with Crippen molar-refractivity contribution in [2.45, 2.75) is 64.3 Å². The summed E-state index contributed by atoms with van der Waals surface area (Å²) in [6.45, 7) is 6.18. The van der Waals surface area contributed by atoms with Crippen LogP contribution >= 0.6 is 0 Å². The first-order valence-electron chi connectivity index (χ1n) is 7.53. The zero-order chi connectivity index (χ0) is 13.2. The SMILES string of the molecule is CC1(C)CCCN1C(=O)CC1CCC(CN)CC1. The minimum absolute atomic E-state index is 0.0888. The third-order valence-corrected chi connectivity index (χ3v) is 4.97. The highest BCUT2D eigenvalue weighted by Crippen LogP contribution is 2.33. The standard InChI is InChI=1S/C15H28N2O/c1-15(2)8-3-9-17(15)14(18)10-12-4-6-13(11-16)7-5-12/h12-13H,3-11,16H2,1-2H3. The Hall–Kier alpha value is -0.570. The lowest BCUT2D eigenvalue weighted by Crippen LogP contribution is -2.43. The van der Waals surface area contributed by atoms with Crippen LogP contribution in [0, 0.1) is 11.8 Å². The van der Waals surface area contributed by atoms with Crippen LogP contribution in [0.1, 0.15) is 58.8 Å². The van der Waals surface area contributed by atoms with Gasteiger partial charge in [0.15, 0.2) is 0 Å². The summed E-state index contributed by atoms with van der Waals surface area (Å²) in [5, 5.41) is 0. The first kappa shape index (κ1) is 13.9. The Morgan fingerprint density at radius 2 is 1.83 bits per heavy atom. The Labute approximate surface area is 111 Å². The number of rotatable bonds is 3. The molecule has 2 fully saturated rings. The van der Waals surface area contributed by atoms with Crippen LogP contribution < -0.4 is 5.73 Å². The molecule has 3 heteroatoms. The van der Waals surface area contributed by atoms with Crippen LogP contribution in [0.15, 0.2) is 0 Å². The second-order valence-corrected chi connectivity index (χ2v) is 6.79. The molecule has 1 saturated heterocycles. The van der Waals surface area contributed by atoms with Crippen LogP contribution in [0.5, 0.6) is 0 Å². The van der Waals surface area contributed by atoms with Crippen molar-refractivity contribution < 1.29 is 4.79 Å². The van der Waals surface area contributed by atoms with Gasteiger partial charge in [-0.1, -0.05) is 0 Å². The normalized spacial score (nSPS) is 31.6. The minimum atomic E-state index is 0.0888. The molecule has 1 saturated carbocycles. The van der Waals surface area contributed by atoms with E-state index >= 15 is 0 Å². The highest BCUT2D eigenvalue weighted by atomic mass is 16.2. The van der Waals surface area contributed by atoms with E-state index in [-0.39, 0.29) is 5.54 Å². The first-order valence-corrected chi connectivity index (χ1v) is 7.53. The predicted molar refractivity (Wildman–Crippen MR) is 74.1 cm³/mol. The number of nitrogens with zero attached hydrogens (tertiary/aromatic N) is 1. The van der Waals surface area contributed by atoms with Crippen molar-refractivity contribution in [3.05, 3.63) is 0 Å². The molecular formula is C15H28N2O. The van der Waals surface area contributed by atoms with Crippen LogP contribution in [-0.4, -0.2) is 29.4 Å². The molecule has 0 aromatic rings. The molecule has 1 amide bonds. The van der Waals surface area contributed by atoms with Crippen molar-refractivity contribution in [2.24, 2.45) is 17.6 Å². The van der Waals surface area contributed by atoms with Crippen molar-refractivity contribution in [1.82, 2.24) is 4.90 Å². The van der Waals surface area contributed by atoms with Gasteiger partial charge >= 0.3 is 0 Å². The fourth-order valence-electron chi connectivity index (χ4n) is 3.60. The summed E-state index contributed by atoms with van der Waals surface area (Å²) >= 11 is 0. The van der Waals surface area contributed by atoms with E-state index in [0.29, 0.717) is 17.7 Å². The average Bonchev–Trinajstić information content (AvgIpc) is 2.70. The lowest BCUT2D eigenvalue weighted by Gasteiger charge is -2.34. The fourth-order valence-corrected chi connectivity index (χ4v) is 3.60. The lowest BCUT2D eigenvalue weighted by molar-refractivity contribution is -0.135. The van der Waals surface area contributed by atoms with Crippen LogP contribution in [0.3, 0.4) is 0 Å². The van der Waals surface area contributed by atoms with Crippen molar-refractivity contribution in [2.75, 3.05) is 13.1 Å². The number of nitrogens with two attached hydrogens (primary N) is 1. The highest BCUT2D eigenvalue weighted by molar-refractivity contribution is 5.77. The van der Waals surface area contributed by atoms with E-state index in [9.17, 15) is 4.79 Å². The van der Waals surface area contributed by atoms with Crippen LogP contribution in [0.25, 0.3) is 0 Å². The molecule has 3 nitrogen and oxygen atoms in total. The number of carbonyl (C=O) groups excluding carboxylic acids is 1. The summed E-state index contributed by atoms with van der Waals surface area (Å²) in [4.78, 5) is 14.5. The van der Waals surface area contributed by atoms with Gasteiger partial charge in [0.25, 0.3) is 0 Å². The van der Waals surface area contributed by atoms with Crippen molar-refractivity contribution in [3.8, 4) is 0 Å². The van der Waals surface area contributed by atoms with Gasteiger partial charge in [-0.2, -0.15) is 0 Å². The van der Waals surface area contributed by atoms with Crippen LogP contribution in [0.4, 0.5) is 0 Å². The molecule has 0 unspecified atom stereocenters. The predicted octanol–water partition coefficient (Wildman–Crippen LogP) is 2.54. The van der Waals surface area contributed by atoms with Gasteiger partial charge in [0.1, 0.15) is 0 Å². The van der Waals surface area contributed by atoms with Crippen molar-refractivity contribution in [1.29, 1.82) is 0 Å². The third kappa shape index (κ3) is 3.05. The van der Waals surface area contributed by atoms with Crippen LogP contribution in [0.2, 0.25) is 0 Å². The lowest BCUT2D eigenvalue weighted by atomic mass is 9.80. The Balaban J connectivity index is 1.81. The quantitative estimate of drug-likeness (QED) is 0.839. The topological polar surface area (TPSA) is 46.3 Å². The molecule has 0 atom stereocenters. The largest absolute Gasteiger partial charge is 0.338 e. The number of hydrogen-bond donors (Lipinski definition) is 1. The molecule has 18 heavy (non-hydrogen) atoms. The van der Waals surface area contributed by atoms with Gasteiger partial charge in [0.2, 0.25) is 5.91 Å². The first-order chi connectivity index (χ1) is 8.53. The maximum atomic E-state index is 12.4. The van der Waals surface area contributed by atoms with E-state index in [1.54, 1.807) is 0 Å². The molecule has 2 rings (SSSR count). The summed E-state index contributed by atoms with van der Waals surface area (Å²) in [5.74, 6) is 1.70. The summed E-state index contributed by atoms with van der Waals surface area (Å²) in [6.07, 6.45) is 7.91. The number of likely N-dealkylation sites (tertiary alicyclic amines) is 1. The number of hydrogen-bond acceptors (Lipinski definition) is 2. The molecule has 2 N–H and O–H groups in total. The smallest absolute Gasteiger partial charge is 0.223 e. The zero-order valence-corrected chi connectivity index (χ0v) is 12.0. The Morgan fingerprint density at radius 3 is 2.33 bits per heavy atom. The highest BCUT2D eigenvalue weighted by Gasteiger charge is 2.36. The van der Waals surface area contributed by atoms with Gasteiger partial charge in [-0.25, -0.2) is 0 Å².